The summed E-state index contributed by atoms with van der Waals surface area (Å²) in [6, 6.07) is 8.80. The molecule has 1 aliphatic heterocycles. The maximum absolute atomic E-state index is 13.2. The summed E-state index contributed by atoms with van der Waals surface area (Å²) >= 11 is 0. The number of benzene rings is 1. The molecule has 0 aliphatic carbocycles. The third-order valence-electron chi connectivity index (χ3n) is 4.01. The van der Waals surface area contributed by atoms with Crippen molar-refractivity contribution in [3.05, 3.63) is 47.9 Å². The molecule has 2 aromatic rings. The first-order chi connectivity index (χ1) is 10.2. The van der Waals surface area contributed by atoms with Crippen LogP contribution < -0.4 is 10.6 Å². The van der Waals surface area contributed by atoms with E-state index in [2.05, 4.69) is 14.9 Å². The van der Waals surface area contributed by atoms with Crippen molar-refractivity contribution in [1.82, 2.24) is 9.97 Å². The summed E-state index contributed by atoms with van der Waals surface area (Å²) in [6.07, 6.45) is 4.80. The first-order valence-corrected chi connectivity index (χ1v) is 7.28. The van der Waals surface area contributed by atoms with Crippen LogP contribution in [0.4, 0.5) is 16.2 Å². The van der Waals surface area contributed by atoms with Gasteiger partial charge in [-0.05, 0) is 48.9 Å². The molecule has 4 nitrogen and oxygen atoms in total. The lowest BCUT2D eigenvalue weighted by Crippen LogP contribution is -2.35. The summed E-state index contributed by atoms with van der Waals surface area (Å²) < 4.78 is 13.2. The van der Waals surface area contributed by atoms with Crippen LogP contribution in [0.15, 0.2) is 36.5 Å². The van der Waals surface area contributed by atoms with E-state index in [0.717, 1.165) is 43.7 Å². The van der Waals surface area contributed by atoms with Crippen molar-refractivity contribution in [2.75, 3.05) is 23.7 Å². The summed E-state index contributed by atoms with van der Waals surface area (Å²) in [7, 11) is 0. The quantitative estimate of drug-likeness (QED) is 0.942. The molecular weight excluding hydrogens is 267 g/mol. The minimum absolute atomic E-state index is 0.151. The van der Waals surface area contributed by atoms with Crippen LogP contribution >= 0.6 is 0 Å². The van der Waals surface area contributed by atoms with Gasteiger partial charge < -0.3 is 10.6 Å². The molecule has 0 spiro atoms. The van der Waals surface area contributed by atoms with Gasteiger partial charge in [-0.1, -0.05) is 12.1 Å². The molecule has 1 fully saturated rings. The van der Waals surface area contributed by atoms with Gasteiger partial charge in [0.1, 0.15) is 11.6 Å². The summed E-state index contributed by atoms with van der Waals surface area (Å²) in [5.74, 6) is 1.66. The van der Waals surface area contributed by atoms with E-state index in [4.69, 9.17) is 5.73 Å². The largest absolute Gasteiger partial charge is 0.368 e. The number of nitrogens with zero attached hydrogens (tertiary/aromatic N) is 3. The number of aromatic nitrogens is 2. The molecule has 1 saturated heterocycles. The topological polar surface area (TPSA) is 55.0 Å². The van der Waals surface area contributed by atoms with E-state index in [1.165, 1.54) is 6.07 Å². The molecular formula is C16H19FN4. The highest BCUT2D eigenvalue weighted by Gasteiger charge is 2.20. The SMILES string of the molecule is Nc1nccc(N2CCC(Cc3cccc(F)c3)CC2)n1. The molecule has 3 rings (SSSR count). The fourth-order valence-corrected chi connectivity index (χ4v) is 2.90. The van der Waals surface area contributed by atoms with E-state index < -0.39 is 0 Å². The van der Waals surface area contributed by atoms with Crippen molar-refractivity contribution >= 4 is 11.8 Å². The third-order valence-corrected chi connectivity index (χ3v) is 4.01. The van der Waals surface area contributed by atoms with E-state index in [9.17, 15) is 4.39 Å². The van der Waals surface area contributed by atoms with Gasteiger partial charge in [-0.2, -0.15) is 4.98 Å². The minimum Gasteiger partial charge on any atom is -0.368 e. The van der Waals surface area contributed by atoms with E-state index in [1.807, 2.05) is 12.1 Å². The molecule has 0 saturated carbocycles. The number of hydrogen-bond acceptors (Lipinski definition) is 4. The highest BCUT2D eigenvalue weighted by molar-refractivity contribution is 5.41. The van der Waals surface area contributed by atoms with Crippen molar-refractivity contribution in [2.45, 2.75) is 19.3 Å². The van der Waals surface area contributed by atoms with Crippen LogP contribution in [0.2, 0.25) is 0 Å². The van der Waals surface area contributed by atoms with Gasteiger partial charge >= 0.3 is 0 Å². The second-order valence-corrected chi connectivity index (χ2v) is 5.54. The standard InChI is InChI=1S/C16H19FN4/c17-14-3-1-2-13(11-14)10-12-5-8-21(9-6-12)15-4-7-19-16(18)20-15/h1-4,7,11-12H,5-6,8-10H2,(H2,18,19,20). The number of hydrogen-bond donors (Lipinski definition) is 1. The maximum Gasteiger partial charge on any atom is 0.221 e. The van der Waals surface area contributed by atoms with Crippen LogP contribution in [0.3, 0.4) is 0 Å². The fourth-order valence-electron chi connectivity index (χ4n) is 2.90. The van der Waals surface area contributed by atoms with Crippen LogP contribution in [0, 0.1) is 11.7 Å². The highest BCUT2D eigenvalue weighted by atomic mass is 19.1. The lowest BCUT2D eigenvalue weighted by Gasteiger charge is -2.32. The first-order valence-electron chi connectivity index (χ1n) is 7.28. The van der Waals surface area contributed by atoms with Gasteiger partial charge in [0, 0.05) is 19.3 Å². The smallest absolute Gasteiger partial charge is 0.221 e. The van der Waals surface area contributed by atoms with E-state index in [1.54, 1.807) is 18.3 Å². The van der Waals surface area contributed by atoms with Crippen molar-refractivity contribution in [2.24, 2.45) is 5.92 Å². The van der Waals surface area contributed by atoms with Crippen LogP contribution in [-0.4, -0.2) is 23.1 Å². The zero-order valence-electron chi connectivity index (χ0n) is 11.9. The van der Waals surface area contributed by atoms with Crippen molar-refractivity contribution < 1.29 is 4.39 Å². The third kappa shape index (κ3) is 3.48. The van der Waals surface area contributed by atoms with E-state index in [0.29, 0.717) is 11.9 Å². The average molecular weight is 286 g/mol. The molecule has 2 N–H and O–H groups in total. The van der Waals surface area contributed by atoms with Gasteiger partial charge in [0.05, 0.1) is 0 Å². The van der Waals surface area contributed by atoms with Gasteiger partial charge in [-0.25, -0.2) is 9.37 Å². The van der Waals surface area contributed by atoms with Crippen molar-refractivity contribution in [3.63, 3.8) is 0 Å². The monoisotopic (exact) mass is 286 g/mol. The Morgan fingerprint density at radius 2 is 2.05 bits per heavy atom. The summed E-state index contributed by atoms with van der Waals surface area (Å²) in [6.45, 7) is 1.91. The Bertz CT molecular complexity index is 609. The zero-order chi connectivity index (χ0) is 14.7. The van der Waals surface area contributed by atoms with Crippen LogP contribution in [0.1, 0.15) is 18.4 Å². The fraction of sp³-hybridized carbons (Fsp3) is 0.375. The molecule has 1 aromatic carbocycles. The summed E-state index contributed by atoms with van der Waals surface area (Å²) in [4.78, 5) is 10.4. The number of piperidine rings is 1. The normalized spacial score (nSPS) is 16.1. The Morgan fingerprint density at radius 3 is 2.76 bits per heavy atom. The van der Waals surface area contributed by atoms with Gasteiger partial charge in [0.2, 0.25) is 5.95 Å². The first kappa shape index (κ1) is 13.8. The second kappa shape index (κ2) is 6.08. The van der Waals surface area contributed by atoms with Crippen molar-refractivity contribution in [3.8, 4) is 0 Å². The molecule has 2 heterocycles. The average Bonchev–Trinajstić information content (AvgIpc) is 2.48. The molecule has 0 atom stereocenters. The molecule has 1 aromatic heterocycles. The molecule has 110 valence electrons. The van der Waals surface area contributed by atoms with Crippen LogP contribution in [-0.2, 0) is 6.42 Å². The number of halogens is 1. The zero-order valence-corrected chi connectivity index (χ0v) is 11.9. The Labute approximate surface area is 123 Å². The summed E-state index contributed by atoms with van der Waals surface area (Å²) in [5.41, 5.74) is 6.71. The van der Waals surface area contributed by atoms with Crippen LogP contribution in [0.5, 0.6) is 0 Å². The Hall–Kier alpha value is -2.17. The molecule has 21 heavy (non-hydrogen) atoms. The highest BCUT2D eigenvalue weighted by Crippen LogP contribution is 2.25. The van der Waals surface area contributed by atoms with Gasteiger partial charge in [-0.3, -0.25) is 0 Å². The van der Waals surface area contributed by atoms with Crippen LogP contribution in [0.25, 0.3) is 0 Å². The Morgan fingerprint density at radius 1 is 1.24 bits per heavy atom. The van der Waals surface area contributed by atoms with E-state index in [-0.39, 0.29) is 5.82 Å². The predicted octanol–water partition coefficient (Wildman–Crippen LogP) is 2.66. The van der Waals surface area contributed by atoms with Gasteiger partial charge in [-0.15, -0.1) is 0 Å². The predicted molar refractivity (Wildman–Crippen MR) is 81.5 cm³/mol. The van der Waals surface area contributed by atoms with Crippen molar-refractivity contribution in [1.29, 1.82) is 0 Å². The van der Waals surface area contributed by atoms with Gasteiger partial charge in [0.25, 0.3) is 0 Å². The Kier molecular flexibility index (Phi) is 3.99. The molecule has 0 radical (unpaired) electrons. The lowest BCUT2D eigenvalue weighted by molar-refractivity contribution is 0.401. The van der Waals surface area contributed by atoms with E-state index >= 15 is 0 Å². The number of anilines is 2. The molecule has 1 aliphatic rings. The molecule has 5 heteroatoms. The molecule has 0 unspecified atom stereocenters. The Balaban J connectivity index is 1.58. The maximum atomic E-state index is 13.2. The summed E-state index contributed by atoms with van der Waals surface area (Å²) in [5, 5.41) is 0. The number of rotatable bonds is 3. The molecule has 0 amide bonds. The molecule has 0 bridgehead atoms. The number of nitrogens with two attached hydrogens (primary N) is 1. The second-order valence-electron chi connectivity index (χ2n) is 5.54. The van der Waals surface area contributed by atoms with Gasteiger partial charge in [0.15, 0.2) is 0 Å². The minimum atomic E-state index is -0.151. The lowest BCUT2D eigenvalue weighted by atomic mass is 9.90. The number of nitrogen functional groups attached to an aromatic ring is 1.